The molecule has 0 amide bonds. The van der Waals surface area contributed by atoms with Crippen molar-refractivity contribution < 1.29 is 9.47 Å². The summed E-state index contributed by atoms with van der Waals surface area (Å²) >= 11 is 3.29. The molecule has 0 aromatic heterocycles. The fourth-order valence-electron chi connectivity index (χ4n) is 0.990. The average Bonchev–Trinajstić information content (AvgIpc) is 2.16. The van der Waals surface area contributed by atoms with Crippen molar-refractivity contribution in [3.05, 3.63) is 22.2 Å². The van der Waals surface area contributed by atoms with Crippen molar-refractivity contribution in [2.24, 2.45) is 0 Å². The molecule has 0 saturated heterocycles. The second-order valence-corrected chi connectivity index (χ2v) is 3.21. The molecule has 1 rings (SSSR count). The van der Waals surface area contributed by atoms with Gasteiger partial charge in [0.25, 0.3) is 0 Å². The van der Waals surface area contributed by atoms with Crippen LogP contribution in [0.5, 0.6) is 11.5 Å². The maximum absolute atomic E-state index is 8.83. The van der Waals surface area contributed by atoms with Crippen LogP contribution in [0.2, 0.25) is 0 Å². The SMILES string of the molecule is COc1cc(Br)cc(OC)c1C#N. The Kier molecular flexibility index (Phi) is 3.15. The highest BCUT2D eigenvalue weighted by Crippen LogP contribution is 2.31. The van der Waals surface area contributed by atoms with E-state index in [0.29, 0.717) is 17.1 Å². The van der Waals surface area contributed by atoms with Crippen LogP contribution in [0, 0.1) is 11.3 Å². The first-order valence-corrected chi connectivity index (χ1v) is 4.34. The van der Waals surface area contributed by atoms with Crippen LogP contribution in [0.4, 0.5) is 0 Å². The largest absolute Gasteiger partial charge is 0.495 e. The highest BCUT2D eigenvalue weighted by atomic mass is 79.9. The van der Waals surface area contributed by atoms with Gasteiger partial charge in [0.1, 0.15) is 23.1 Å². The number of nitrogens with zero attached hydrogens (tertiary/aromatic N) is 1. The Morgan fingerprint density at radius 2 is 1.69 bits per heavy atom. The van der Waals surface area contributed by atoms with Crippen LogP contribution in [0.25, 0.3) is 0 Å². The van der Waals surface area contributed by atoms with E-state index in [1.54, 1.807) is 12.1 Å². The molecule has 0 heterocycles. The molecule has 0 aliphatic rings. The third kappa shape index (κ3) is 1.93. The normalized spacial score (nSPS) is 9.08. The molecule has 0 atom stereocenters. The van der Waals surface area contributed by atoms with Crippen molar-refractivity contribution in [3.8, 4) is 17.6 Å². The number of halogens is 1. The fraction of sp³-hybridized carbons (Fsp3) is 0.222. The van der Waals surface area contributed by atoms with E-state index in [-0.39, 0.29) is 0 Å². The third-order valence-corrected chi connectivity index (χ3v) is 2.04. The minimum absolute atomic E-state index is 0.410. The number of hydrogen-bond donors (Lipinski definition) is 0. The van der Waals surface area contributed by atoms with Crippen molar-refractivity contribution in [2.75, 3.05) is 14.2 Å². The first-order chi connectivity index (χ1) is 6.22. The summed E-state index contributed by atoms with van der Waals surface area (Å²) < 4.78 is 10.9. The molecule has 0 aliphatic heterocycles. The molecule has 13 heavy (non-hydrogen) atoms. The second kappa shape index (κ2) is 4.15. The number of hydrogen-bond acceptors (Lipinski definition) is 3. The summed E-state index contributed by atoms with van der Waals surface area (Å²) in [6.45, 7) is 0. The van der Waals surface area contributed by atoms with Gasteiger partial charge in [0, 0.05) is 4.47 Å². The van der Waals surface area contributed by atoms with Crippen molar-refractivity contribution >= 4 is 15.9 Å². The molecule has 1 aromatic carbocycles. The Hall–Kier alpha value is -1.21. The molecule has 0 unspecified atom stereocenters. The minimum atomic E-state index is 0.410. The predicted octanol–water partition coefficient (Wildman–Crippen LogP) is 2.34. The van der Waals surface area contributed by atoms with E-state index in [2.05, 4.69) is 15.9 Å². The van der Waals surface area contributed by atoms with Crippen LogP contribution >= 0.6 is 15.9 Å². The van der Waals surface area contributed by atoms with Crippen molar-refractivity contribution in [1.82, 2.24) is 0 Å². The van der Waals surface area contributed by atoms with Crippen LogP contribution in [0.15, 0.2) is 16.6 Å². The molecular formula is C9H8BrNO2. The minimum Gasteiger partial charge on any atom is -0.495 e. The molecule has 0 N–H and O–H groups in total. The van der Waals surface area contributed by atoms with Gasteiger partial charge in [-0.3, -0.25) is 0 Å². The zero-order valence-electron chi connectivity index (χ0n) is 7.30. The molecule has 0 radical (unpaired) electrons. The van der Waals surface area contributed by atoms with Crippen molar-refractivity contribution in [2.45, 2.75) is 0 Å². The Balaban J connectivity index is 3.36. The molecule has 0 fully saturated rings. The van der Waals surface area contributed by atoms with Crippen LogP contribution in [-0.4, -0.2) is 14.2 Å². The Bertz CT molecular complexity index is 332. The Morgan fingerprint density at radius 1 is 1.23 bits per heavy atom. The molecular weight excluding hydrogens is 234 g/mol. The average molecular weight is 242 g/mol. The lowest BCUT2D eigenvalue weighted by Gasteiger charge is -2.07. The topological polar surface area (TPSA) is 42.2 Å². The summed E-state index contributed by atoms with van der Waals surface area (Å²) in [5.41, 5.74) is 0.410. The van der Waals surface area contributed by atoms with Gasteiger partial charge in [0.15, 0.2) is 0 Å². The molecule has 0 bridgehead atoms. The van der Waals surface area contributed by atoms with Gasteiger partial charge < -0.3 is 9.47 Å². The van der Waals surface area contributed by atoms with Crippen molar-refractivity contribution in [3.63, 3.8) is 0 Å². The first kappa shape index (κ1) is 9.87. The summed E-state index contributed by atoms with van der Waals surface area (Å²) in [7, 11) is 3.03. The van der Waals surface area contributed by atoms with Gasteiger partial charge in [0.2, 0.25) is 0 Å². The van der Waals surface area contributed by atoms with E-state index in [1.807, 2.05) is 6.07 Å². The fourth-order valence-corrected chi connectivity index (χ4v) is 1.41. The summed E-state index contributed by atoms with van der Waals surface area (Å²) in [6.07, 6.45) is 0. The maximum atomic E-state index is 8.83. The van der Waals surface area contributed by atoms with Gasteiger partial charge in [-0.1, -0.05) is 15.9 Å². The molecule has 0 aliphatic carbocycles. The van der Waals surface area contributed by atoms with Crippen LogP contribution in [0.1, 0.15) is 5.56 Å². The monoisotopic (exact) mass is 241 g/mol. The zero-order valence-corrected chi connectivity index (χ0v) is 8.88. The quantitative estimate of drug-likeness (QED) is 0.799. The number of benzene rings is 1. The van der Waals surface area contributed by atoms with Gasteiger partial charge >= 0.3 is 0 Å². The lowest BCUT2D eigenvalue weighted by Crippen LogP contribution is -1.93. The molecule has 0 saturated carbocycles. The van der Waals surface area contributed by atoms with E-state index in [0.717, 1.165) is 4.47 Å². The highest BCUT2D eigenvalue weighted by Gasteiger charge is 2.10. The van der Waals surface area contributed by atoms with Crippen LogP contribution in [0.3, 0.4) is 0 Å². The summed E-state index contributed by atoms with van der Waals surface area (Å²) in [5, 5.41) is 8.83. The molecule has 4 heteroatoms. The van der Waals surface area contributed by atoms with E-state index in [9.17, 15) is 0 Å². The van der Waals surface area contributed by atoms with Crippen LogP contribution in [-0.2, 0) is 0 Å². The van der Waals surface area contributed by atoms with Gasteiger partial charge in [-0.25, -0.2) is 0 Å². The summed E-state index contributed by atoms with van der Waals surface area (Å²) in [4.78, 5) is 0. The van der Waals surface area contributed by atoms with Gasteiger partial charge in [0.05, 0.1) is 14.2 Å². The molecule has 1 aromatic rings. The van der Waals surface area contributed by atoms with Gasteiger partial charge in [-0.2, -0.15) is 5.26 Å². The van der Waals surface area contributed by atoms with Gasteiger partial charge in [-0.05, 0) is 12.1 Å². The second-order valence-electron chi connectivity index (χ2n) is 2.30. The number of rotatable bonds is 2. The highest BCUT2D eigenvalue weighted by molar-refractivity contribution is 9.10. The Labute approximate surface area is 85.0 Å². The van der Waals surface area contributed by atoms with E-state index < -0.39 is 0 Å². The summed E-state index contributed by atoms with van der Waals surface area (Å²) in [5.74, 6) is 1.02. The van der Waals surface area contributed by atoms with E-state index in [1.165, 1.54) is 14.2 Å². The maximum Gasteiger partial charge on any atom is 0.141 e. The first-order valence-electron chi connectivity index (χ1n) is 3.54. The Morgan fingerprint density at radius 3 is 2.00 bits per heavy atom. The molecule has 0 spiro atoms. The zero-order chi connectivity index (χ0) is 9.84. The summed E-state index contributed by atoms with van der Waals surface area (Å²) in [6, 6.07) is 5.47. The smallest absolute Gasteiger partial charge is 0.141 e. The van der Waals surface area contributed by atoms with Gasteiger partial charge in [-0.15, -0.1) is 0 Å². The van der Waals surface area contributed by atoms with Crippen molar-refractivity contribution in [1.29, 1.82) is 5.26 Å². The van der Waals surface area contributed by atoms with Crippen LogP contribution < -0.4 is 9.47 Å². The third-order valence-electron chi connectivity index (χ3n) is 1.58. The lowest BCUT2D eigenvalue weighted by atomic mass is 10.2. The molecule has 68 valence electrons. The molecule has 3 nitrogen and oxygen atoms in total. The number of methoxy groups -OCH3 is 2. The van der Waals surface area contributed by atoms with E-state index in [4.69, 9.17) is 14.7 Å². The number of nitriles is 1. The lowest BCUT2D eigenvalue weighted by molar-refractivity contribution is 0.391. The predicted molar refractivity (Wildman–Crippen MR) is 52.0 cm³/mol. The van der Waals surface area contributed by atoms with E-state index >= 15 is 0 Å². The number of ether oxygens (including phenoxy) is 2. The standard InChI is InChI=1S/C9H8BrNO2/c1-12-8-3-6(10)4-9(13-2)7(8)5-11/h3-4H,1-2H3.